The molecular weight excluding hydrogens is 446 g/mol. The van der Waals surface area contributed by atoms with Crippen LogP contribution in [0.3, 0.4) is 0 Å². The number of rotatable bonds is 6. The fourth-order valence-electron chi connectivity index (χ4n) is 3.73. The molecule has 7 nitrogen and oxygen atoms in total. The van der Waals surface area contributed by atoms with E-state index in [2.05, 4.69) is 20.7 Å². The maximum atomic E-state index is 13.2. The average Bonchev–Trinajstić information content (AvgIpc) is 3.48. The van der Waals surface area contributed by atoms with Crippen LogP contribution in [0.25, 0.3) is 21.3 Å². The number of hydrogen-bond acceptors (Lipinski definition) is 5. The smallest absolute Gasteiger partial charge is 0.258 e. The fourth-order valence-corrected chi connectivity index (χ4v) is 4.63. The lowest BCUT2D eigenvalue weighted by atomic mass is 9.98. The molecule has 3 aromatic carbocycles. The minimum absolute atomic E-state index is 0.136. The number of anilines is 2. The van der Waals surface area contributed by atoms with Crippen LogP contribution in [0.5, 0.6) is 0 Å². The van der Waals surface area contributed by atoms with Gasteiger partial charge in [-0.3, -0.25) is 19.6 Å². The van der Waals surface area contributed by atoms with Gasteiger partial charge in [-0.15, -0.1) is 0 Å². The Morgan fingerprint density at radius 2 is 1.79 bits per heavy atom. The van der Waals surface area contributed by atoms with E-state index in [0.717, 1.165) is 26.9 Å². The average molecular weight is 468 g/mol. The van der Waals surface area contributed by atoms with E-state index in [4.69, 9.17) is 0 Å². The number of carbonyl (C=O) groups excluding carboxylic acids is 2. The number of thiazole rings is 1. The normalized spacial score (nSPS) is 10.9. The highest BCUT2D eigenvalue weighted by atomic mass is 32.1. The summed E-state index contributed by atoms with van der Waals surface area (Å²) in [4.78, 5) is 29.0. The maximum Gasteiger partial charge on any atom is 0.258 e. The second-order valence-corrected chi connectivity index (χ2v) is 8.81. The second kappa shape index (κ2) is 9.29. The third-order valence-corrected chi connectivity index (χ3v) is 6.20. The van der Waals surface area contributed by atoms with Crippen molar-refractivity contribution in [1.82, 2.24) is 14.8 Å². The Balaban J connectivity index is 1.36. The van der Waals surface area contributed by atoms with E-state index in [-0.39, 0.29) is 11.8 Å². The van der Waals surface area contributed by atoms with Gasteiger partial charge in [-0.25, -0.2) is 4.98 Å². The quantitative estimate of drug-likeness (QED) is 0.349. The largest absolute Gasteiger partial charge is 0.326 e. The van der Waals surface area contributed by atoms with Crippen LogP contribution in [0, 0.1) is 0 Å². The summed E-state index contributed by atoms with van der Waals surface area (Å²) in [5.41, 5.74) is 4.96. The molecule has 5 aromatic rings. The standard InChI is InChI=1S/C26H21N5O2S/c1-17(32)28-20-11-12-23-24(15-20)34-26(29-23)30-25(33)22-6-3-2-5-21(22)19-9-7-18(8-10-19)16-31-14-4-13-27-31/h2-15H,16H2,1H3,(H,28,32)(H,29,30,33). The summed E-state index contributed by atoms with van der Waals surface area (Å²) in [6.07, 6.45) is 3.69. The molecule has 8 heteroatoms. The third-order valence-electron chi connectivity index (χ3n) is 5.27. The molecule has 2 amide bonds. The van der Waals surface area contributed by atoms with Crippen molar-refractivity contribution in [2.75, 3.05) is 10.6 Å². The lowest BCUT2D eigenvalue weighted by Gasteiger charge is -2.10. The highest BCUT2D eigenvalue weighted by molar-refractivity contribution is 7.22. The zero-order valence-electron chi connectivity index (χ0n) is 18.4. The molecule has 2 heterocycles. The van der Waals surface area contributed by atoms with Gasteiger partial charge in [-0.1, -0.05) is 53.8 Å². The second-order valence-electron chi connectivity index (χ2n) is 7.78. The number of hydrogen-bond donors (Lipinski definition) is 2. The molecule has 0 saturated heterocycles. The topological polar surface area (TPSA) is 88.9 Å². The summed E-state index contributed by atoms with van der Waals surface area (Å²) in [6, 6.07) is 23.0. The van der Waals surface area contributed by atoms with Crippen molar-refractivity contribution < 1.29 is 9.59 Å². The zero-order valence-corrected chi connectivity index (χ0v) is 19.2. The van der Waals surface area contributed by atoms with E-state index in [1.54, 1.807) is 12.3 Å². The van der Waals surface area contributed by atoms with Crippen LogP contribution in [0.2, 0.25) is 0 Å². The molecule has 0 radical (unpaired) electrons. The summed E-state index contributed by atoms with van der Waals surface area (Å²) in [5, 5.41) is 10.4. The maximum absolute atomic E-state index is 13.2. The summed E-state index contributed by atoms with van der Waals surface area (Å²) in [7, 11) is 0. The van der Waals surface area contributed by atoms with Gasteiger partial charge in [0, 0.05) is 30.6 Å². The van der Waals surface area contributed by atoms with Gasteiger partial charge in [0.1, 0.15) is 0 Å². The molecule has 0 saturated carbocycles. The van der Waals surface area contributed by atoms with E-state index < -0.39 is 0 Å². The number of nitrogens with one attached hydrogen (secondary N) is 2. The Bertz CT molecular complexity index is 1470. The van der Waals surface area contributed by atoms with Crippen molar-refractivity contribution in [2.45, 2.75) is 13.5 Å². The fraction of sp³-hybridized carbons (Fsp3) is 0.0769. The summed E-state index contributed by atoms with van der Waals surface area (Å²) in [6.45, 7) is 2.16. The highest BCUT2D eigenvalue weighted by Crippen LogP contribution is 2.30. The lowest BCUT2D eigenvalue weighted by Crippen LogP contribution is -2.12. The van der Waals surface area contributed by atoms with Gasteiger partial charge in [-0.2, -0.15) is 5.10 Å². The number of amides is 2. The van der Waals surface area contributed by atoms with Crippen molar-refractivity contribution in [1.29, 1.82) is 0 Å². The molecule has 0 aliphatic rings. The Morgan fingerprint density at radius 1 is 0.971 bits per heavy atom. The van der Waals surface area contributed by atoms with Gasteiger partial charge in [0.15, 0.2) is 5.13 Å². The van der Waals surface area contributed by atoms with Crippen molar-refractivity contribution in [3.05, 3.63) is 96.3 Å². The van der Waals surface area contributed by atoms with Crippen molar-refractivity contribution in [3.63, 3.8) is 0 Å². The number of carbonyl (C=O) groups is 2. The first-order chi connectivity index (χ1) is 16.5. The van der Waals surface area contributed by atoms with Crippen LogP contribution in [0.1, 0.15) is 22.8 Å². The molecule has 0 spiro atoms. The van der Waals surface area contributed by atoms with Gasteiger partial charge in [0.2, 0.25) is 5.91 Å². The molecule has 0 aliphatic carbocycles. The molecule has 0 atom stereocenters. The number of fused-ring (bicyclic) bond motifs is 1. The number of aromatic nitrogens is 3. The molecule has 0 unspecified atom stereocenters. The molecule has 2 N–H and O–H groups in total. The monoisotopic (exact) mass is 467 g/mol. The third kappa shape index (κ3) is 4.72. The lowest BCUT2D eigenvalue weighted by molar-refractivity contribution is -0.114. The van der Waals surface area contributed by atoms with Gasteiger partial charge < -0.3 is 5.32 Å². The summed E-state index contributed by atoms with van der Waals surface area (Å²) < 4.78 is 2.75. The van der Waals surface area contributed by atoms with Crippen LogP contribution in [0.4, 0.5) is 10.8 Å². The van der Waals surface area contributed by atoms with Gasteiger partial charge in [-0.05, 0) is 47.0 Å². The van der Waals surface area contributed by atoms with Gasteiger partial charge >= 0.3 is 0 Å². The predicted molar refractivity (Wildman–Crippen MR) is 135 cm³/mol. The molecule has 168 valence electrons. The van der Waals surface area contributed by atoms with E-state index in [9.17, 15) is 9.59 Å². The minimum atomic E-state index is -0.225. The Kier molecular flexibility index (Phi) is 5.88. The highest BCUT2D eigenvalue weighted by Gasteiger charge is 2.15. The first kappa shape index (κ1) is 21.5. The van der Waals surface area contributed by atoms with Crippen LogP contribution in [-0.2, 0) is 11.3 Å². The van der Waals surface area contributed by atoms with Crippen LogP contribution in [0.15, 0.2) is 85.2 Å². The number of benzene rings is 3. The van der Waals surface area contributed by atoms with Gasteiger partial charge in [0.25, 0.3) is 5.91 Å². The van der Waals surface area contributed by atoms with E-state index >= 15 is 0 Å². The molecule has 34 heavy (non-hydrogen) atoms. The van der Waals surface area contributed by atoms with Crippen molar-refractivity contribution >= 4 is 44.2 Å². The Labute approximate surface area is 200 Å². The Hall–Kier alpha value is -4.30. The molecule has 2 aromatic heterocycles. The summed E-state index contributed by atoms with van der Waals surface area (Å²) in [5.74, 6) is -0.360. The van der Waals surface area contributed by atoms with Crippen LogP contribution >= 0.6 is 11.3 Å². The van der Waals surface area contributed by atoms with Crippen LogP contribution in [-0.4, -0.2) is 26.6 Å². The minimum Gasteiger partial charge on any atom is -0.326 e. The van der Waals surface area contributed by atoms with Crippen molar-refractivity contribution in [3.8, 4) is 11.1 Å². The van der Waals surface area contributed by atoms with E-state index in [1.165, 1.54) is 18.3 Å². The van der Waals surface area contributed by atoms with Crippen molar-refractivity contribution in [2.24, 2.45) is 0 Å². The first-order valence-corrected chi connectivity index (χ1v) is 11.5. The van der Waals surface area contributed by atoms with E-state index in [0.29, 0.717) is 22.9 Å². The molecule has 0 bridgehead atoms. The van der Waals surface area contributed by atoms with Crippen LogP contribution < -0.4 is 10.6 Å². The zero-order chi connectivity index (χ0) is 23.5. The summed E-state index contributed by atoms with van der Waals surface area (Å²) >= 11 is 1.36. The van der Waals surface area contributed by atoms with Gasteiger partial charge in [0.05, 0.1) is 16.8 Å². The molecule has 0 aliphatic heterocycles. The molecule has 5 rings (SSSR count). The SMILES string of the molecule is CC(=O)Nc1ccc2nc(NC(=O)c3ccccc3-c3ccc(Cn4cccn4)cc3)sc2c1. The first-order valence-electron chi connectivity index (χ1n) is 10.7. The predicted octanol–water partition coefficient (Wildman–Crippen LogP) is 5.42. The molecule has 0 fully saturated rings. The number of nitrogens with zero attached hydrogens (tertiary/aromatic N) is 3. The molecular formula is C26H21N5O2S. The Morgan fingerprint density at radius 3 is 2.56 bits per heavy atom. The van der Waals surface area contributed by atoms with E-state index in [1.807, 2.05) is 77.6 Å².